The minimum Gasteiger partial charge on any atom is -0.309 e. The Balaban J connectivity index is 1.16. The van der Waals surface area contributed by atoms with Gasteiger partial charge in [0.15, 0.2) is 0 Å². The van der Waals surface area contributed by atoms with Gasteiger partial charge in [0.05, 0.1) is 28.0 Å². The Kier molecular flexibility index (Phi) is 7.58. The molecule has 0 N–H and O–H groups in total. The van der Waals surface area contributed by atoms with Gasteiger partial charge in [-0.25, -0.2) is 4.98 Å². The number of para-hydroxylation sites is 2. The molecule has 0 saturated heterocycles. The van der Waals surface area contributed by atoms with Gasteiger partial charge in [-0.05, 0) is 65.7 Å². The lowest BCUT2D eigenvalue weighted by Crippen LogP contribution is -2.05. The van der Waals surface area contributed by atoms with E-state index in [1.807, 2.05) is 65.2 Å². The highest BCUT2D eigenvalue weighted by atomic mass is 19.4. The van der Waals surface area contributed by atoms with Crippen molar-refractivity contribution in [1.82, 2.24) is 14.1 Å². The Hall–Kier alpha value is -6.66. The molecule has 0 unspecified atom stereocenters. The number of fused-ring (bicyclic) bond motifs is 3. The summed E-state index contributed by atoms with van der Waals surface area (Å²) in [5.74, 6) is 0.838. The van der Waals surface area contributed by atoms with E-state index in [4.69, 9.17) is 4.98 Å². The van der Waals surface area contributed by atoms with Crippen molar-refractivity contribution >= 4 is 21.8 Å². The molecule has 0 aliphatic carbocycles. The van der Waals surface area contributed by atoms with E-state index >= 15 is 0 Å². The summed E-state index contributed by atoms with van der Waals surface area (Å²) in [5.41, 5.74) is 9.98. The third-order valence-corrected chi connectivity index (χ3v) is 9.59. The molecule has 9 aromatic rings. The molecule has 6 heteroatoms. The van der Waals surface area contributed by atoms with Crippen LogP contribution in [0.15, 0.2) is 182 Å². The second-order valence-electron chi connectivity index (χ2n) is 12.7. The van der Waals surface area contributed by atoms with E-state index in [0.29, 0.717) is 5.69 Å². The lowest BCUT2D eigenvalue weighted by molar-refractivity contribution is -0.137. The van der Waals surface area contributed by atoms with Crippen molar-refractivity contribution in [1.29, 1.82) is 0 Å². The van der Waals surface area contributed by atoms with Crippen LogP contribution in [0.2, 0.25) is 0 Å². The standard InChI is InChI=1S/C46H30F3N3/c47-46(48,49)36-25-27-38(28-26-36)51-41-19-11-10-18-39(41)40-30-35(24-29-42(40)51)31-20-22-34(23-21-31)45-50-43(32-12-4-1-5-13-32)44(33-14-6-2-7-15-33)52(45)37-16-8-3-9-17-37/h1-30H. The van der Waals surface area contributed by atoms with Crippen LogP contribution < -0.4 is 0 Å². The van der Waals surface area contributed by atoms with Gasteiger partial charge in [0, 0.05) is 38.8 Å². The van der Waals surface area contributed by atoms with Crippen LogP contribution >= 0.6 is 0 Å². The number of imidazole rings is 1. The number of benzene rings is 7. The van der Waals surface area contributed by atoms with Crippen molar-refractivity contribution in [2.75, 3.05) is 0 Å². The molecule has 3 nitrogen and oxygen atoms in total. The zero-order chi connectivity index (χ0) is 35.2. The summed E-state index contributed by atoms with van der Waals surface area (Å²) < 4.78 is 44.3. The molecule has 250 valence electrons. The maximum atomic E-state index is 13.3. The minimum atomic E-state index is -4.39. The second-order valence-corrected chi connectivity index (χ2v) is 12.7. The first-order valence-electron chi connectivity index (χ1n) is 17.0. The van der Waals surface area contributed by atoms with Crippen LogP contribution in [0.5, 0.6) is 0 Å². The van der Waals surface area contributed by atoms with E-state index in [1.165, 1.54) is 12.1 Å². The van der Waals surface area contributed by atoms with Gasteiger partial charge in [0.25, 0.3) is 0 Å². The second kappa shape index (κ2) is 12.6. The molecule has 0 bridgehead atoms. The number of aromatic nitrogens is 3. The Morgan fingerprint density at radius 3 is 1.62 bits per heavy atom. The van der Waals surface area contributed by atoms with Crippen molar-refractivity contribution in [2.45, 2.75) is 6.18 Å². The summed E-state index contributed by atoms with van der Waals surface area (Å²) in [6, 6.07) is 59.1. The highest BCUT2D eigenvalue weighted by molar-refractivity contribution is 6.10. The molecule has 0 atom stereocenters. The molecule has 2 aromatic heterocycles. The Bertz CT molecular complexity index is 2670. The van der Waals surface area contributed by atoms with Crippen molar-refractivity contribution in [3.8, 4) is 56.4 Å². The fourth-order valence-electron chi connectivity index (χ4n) is 7.14. The summed E-state index contributed by atoms with van der Waals surface area (Å²) in [5, 5.41) is 2.05. The van der Waals surface area contributed by atoms with Crippen LogP contribution in [0.4, 0.5) is 13.2 Å². The highest BCUT2D eigenvalue weighted by Gasteiger charge is 2.30. The zero-order valence-electron chi connectivity index (χ0n) is 27.8. The molecule has 2 heterocycles. The minimum absolute atomic E-state index is 0.665. The molecule has 0 aliphatic heterocycles. The number of nitrogens with zero attached hydrogens (tertiary/aromatic N) is 3. The number of halogens is 3. The summed E-state index contributed by atoms with van der Waals surface area (Å²) in [4.78, 5) is 5.33. The van der Waals surface area contributed by atoms with Gasteiger partial charge in [0.2, 0.25) is 0 Å². The lowest BCUT2D eigenvalue weighted by atomic mass is 10.0. The SMILES string of the molecule is FC(F)(F)c1ccc(-n2c3ccccc3c3cc(-c4ccc(-c5nc(-c6ccccc6)c(-c6ccccc6)n5-c5ccccc5)cc4)ccc32)cc1. The van der Waals surface area contributed by atoms with E-state index in [-0.39, 0.29) is 0 Å². The van der Waals surface area contributed by atoms with E-state index in [1.54, 1.807) is 0 Å². The first-order valence-corrected chi connectivity index (χ1v) is 17.0. The third-order valence-electron chi connectivity index (χ3n) is 9.59. The molecule has 0 fully saturated rings. The molecular formula is C46H30F3N3. The lowest BCUT2D eigenvalue weighted by Gasteiger charge is -2.14. The van der Waals surface area contributed by atoms with Crippen LogP contribution in [-0.2, 0) is 6.18 Å². The summed E-state index contributed by atoms with van der Waals surface area (Å²) >= 11 is 0. The maximum Gasteiger partial charge on any atom is 0.416 e. The van der Waals surface area contributed by atoms with Crippen LogP contribution in [0.1, 0.15) is 5.56 Å². The average molecular weight is 682 g/mol. The predicted molar refractivity (Wildman–Crippen MR) is 205 cm³/mol. The smallest absolute Gasteiger partial charge is 0.309 e. The topological polar surface area (TPSA) is 22.8 Å². The average Bonchev–Trinajstić information content (AvgIpc) is 3.76. The highest BCUT2D eigenvalue weighted by Crippen LogP contribution is 2.40. The number of hydrogen-bond donors (Lipinski definition) is 0. The van der Waals surface area contributed by atoms with Crippen molar-refractivity contribution in [2.24, 2.45) is 0 Å². The van der Waals surface area contributed by atoms with Crippen LogP contribution in [0.3, 0.4) is 0 Å². The van der Waals surface area contributed by atoms with Crippen molar-refractivity contribution in [3.05, 3.63) is 188 Å². The normalized spacial score (nSPS) is 11.8. The van der Waals surface area contributed by atoms with Gasteiger partial charge >= 0.3 is 6.18 Å². The Morgan fingerprint density at radius 2 is 0.942 bits per heavy atom. The van der Waals surface area contributed by atoms with Crippen LogP contribution in [-0.4, -0.2) is 14.1 Å². The number of alkyl halides is 3. The van der Waals surface area contributed by atoms with E-state index < -0.39 is 11.7 Å². The molecule has 0 spiro atoms. The molecule has 0 radical (unpaired) electrons. The van der Waals surface area contributed by atoms with Gasteiger partial charge in [-0.2, -0.15) is 13.2 Å². The summed E-state index contributed by atoms with van der Waals surface area (Å²) in [7, 11) is 0. The molecule has 0 saturated carbocycles. The first kappa shape index (κ1) is 31.3. The van der Waals surface area contributed by atoms with Gasteiger partial charge in [-0.1, -0.05) is 127 Å². The van der Waals surface area contributed by atoms with Gasteiger partial charge in [-0.15, -0.1) is 0 Å². The third kappa shape index (κ3) is 5.46. The monoisotopic (exact) mass is 681 g/mol. The zero-order valence-corrected chi connectivity index (χ0v) is 27.8. The fraction of sp³-hybridized carbons (Fsp3) is 0.0217. The van der Waals surface area contributed by atoms with Crippen molar-refractivity contribution < 1.29 is 13.2 Å². The number of rotatable bonds is 6. The van der Waals surface area contributed by atoms with E-state index in [9.17, 15) is 13.2 Å². The molecule has 9 rings (SSSR count). The predicted octanol–water partition coefficient (Wildman–Crippen LogP) is 12.7. The molecule has 7 aromatic carbocycles. The largest absolute Gasteiger partial charge is 0.416 e. The van der Waals surface area contributed by atoms with Crippen LogP contribution in [0.25, 0.3) is 78.2 Å². The maximum absolute atomic E-state index is 13.3. The van der Waals surface area contributed by atoms with Gasteiger partial charge in [0.1, 0.15) is 5.82 Å². The quantitative estimate of drug-likeness (QED) is 0.171. The summed E-state index contributed by atoms with van der Waals surface area (Å²) in [6.45, 7) is 0. The van der Waals surface area contributed by atoms with Crippen molar-refractivity contribution in [3.63, 3.8) is 0 Å². The Labute approximate surface area is 298 Å². The summed E-state index contributed by atoms with van der Waals surface area (Å²) in [6.07, 6.45) is -4.39. The van der Waals surface area contributed by atoms with E-state index in [2.05, 4.69) is 102 Å². The molecule has 52 heavy (non-hydrogen) atoms. The molecule has 0 amide bonds. The van der Waals surface area contributed by atoms with Gasteiger partial charge < -0.3 is 4.57 Å². The molecular weight excluding hydrogens is 652 g/mol. The first-order chi connectivity index (χ1) is 25.4. The fourth-order valence-corrected chi connectivity index (χ4v) is 7.14. The molecule has 0 aliphatic rings. The van der Waals surface area contributed by atoms with Gasteiger partial charge in [-0.3, -0.25) is 4.57 Å². The number of hydrogen-bond acceptors (Lipinski definition) is 1. The van der Waals surface area contributed by atoms with E-state index in [0.717, 1.165) is 84.7 Å². The van der Waals surface area contributed by atoms with Crippen LogP contribution in [0, 0.1) is 0 Å². The Morgan fingerprint density at radius 1 is 0.404 bits per heavy atom.